The zero-order valence-electron chi connectivity index (χ0n) is 15.6. The third-order valence-corrected chi connectivity index (χ3v) is 5.26. The predicted molar refractivity (Wildman–Crippen MR) is 101 cm³/mol. The van der Waals surface area contributed by atoms with Crippen LogP contribution in [0.4, 0.5) is 0 Å². The number of carbonyl (C=O) groups excluding carboxylic acids is 1. The van der Waals surface area contributed by atoms with Crippen LogP contribution in [0.2, 0.25) is 0 Å². The van der Waals surface area contributed by atoms with E-state index in [2.05, 4.69) is 48.1 Å². The Kier molecular flexibility index (Phi) is 5.76. The Hall–Kier alpha value is -1.85. The molecule has 0 radical (unpaired) electrons. The fourth-order valence-electron chi connectivity index (χ4n) is 3.36. The molecular formula is C20H29N3O2. The van der Waals surface area contributed by atoms with Crippen molar-refractivity contribution in [1.82, 2.24) is 15.1 Å². The number of piperazine rings is 1. The Balaban J connectivity index is 1.44. The van der Waals surface area contributed by atoms with E-state index in [4.69, 9.17) is 4.42 Å². The van der Waals surface area contributed by atoms with Crippen LogP contribution in [0.5, 0.6) is 0 Å². The third kappa shape index (κ3) is 4.41. The van der Waals surface area contributed by atoms with Crippen molar-refractivity contribution in [2.45, 2.75) is 26.7 Å². The van der Waals surface area contributed by atoms with Crippen molar-refractivity contribution in [3.8, 4) is 0 Å². The molecule has 0 unspecified atom stereocenters. The van der Waals surface area contributed by atoms with E-state index in [9.17, 15) is 4.79 Å². The summed E-state index contributed by atoms with van der Waals surface area (Å²) in [5, 5.41) is 4.09. The topological polar surface area (TPSA) is 48.7 Å². The first-order valence-electron chi connectivity index (χ1n) is 9.18. The smallest absolute Gasteiger partial charge is 0.224 e. The summed E-state index contributed by atoms with van der Waals surface area (Å²) in [6.07, 6.45) is 3.10. The molecule has 3 rings (SSSR count). The Morgan fingerprint density at radius 3 is 2.72 bits per heavy atom. The first-order chi connectivity index (χ1) is 12.0. The summed E-state index contributed by atoms with van der Waals surface area (Å²) in [6, 6.07) is 4.14. The van der Waals surface area contributed by atoms with Gasteiger partial charge in [0.05, 0.1) is 12.7 Å². The molecule has 0 atom stereocenters. The van der Waals surface area contributed by atoms with Gasteiger partial charge in [-0.1, -0.05) is 12.1 Å². The van der Waals surface area contributed by atoms with Gasteiger partial charge in [-0.2, -0.15) is 0 Å². The van der Waals surface area contributed by atoms with Gasteiger partial charge in [-0.3, -0.25) is 4.79 Å². The predicted octanol–water partition coefficient (Wildman–Crippen LogP) is 2.35. The average molecular weight is 343 g/mol. The Morgan fingerprint density at radius 1 is 1.20 bits per heavy atom. The molecule has 1 saturated heterocycles. The molecule has 0 spiro atoms. The van der Waals surface area contributed by atoms with E-state index in [0.717, 1.165) is 67.8 Å². The highest BCUT2D eigenvalue weighted by Gasteiger charge is 2.14. The fourth-order valence-corrected chi connectivity index (χ4v) is 3.36. The second-order valence-corrected chi connectivity index (χ2v) is 7.17. The molecule has 1 aromatic heterocycles. The van der Waals surface area contributed by atoms with Gasteiger partial charge in [0.15, 0.2) is 0 Å². The van der Waals surface area contributed by atoms with Crippen LogP contribution in [0.1, 0.15) is 23.1 Å². The summed E-state index contributed by atoms with van der Waals surface area (Å²) in [4.78, 5) is 17.1. The van der Waals surface area contributed by atoms with E-state index in [1.807, 2.05) is 0 Å². The molecule has 0 aliphatic carbocycles. The highest BCUT2D eigenvalue weighted by Crippen LogP contribution is 2.26. The van der Waals surface area contributed by atoms with Gasteiger partial charge in [0.25, 0.3) is 0 Å². The van der Waals surface area contributed by atoms with E-state index in [1.165, 1.54) is 5.56 Å². The van der Waals surface area contributed by atoms with Crippen molar-refractivity contribution in [2.75, 3.05) is 46.3 Å². The monoisotopic (exact) mass is 343 g/mol. The van der Waals surface area contributed by atoms with Crippen LogP contribution < -0.4 is 5.32 Å². The maximum absolute atomic E-state index is 12.2. The number of rotatable bonds is 6. The minimum Gasteiger partial charge on any atom is -0.464 e. The Labute approximate surface area is 150 Å². The normalized spacial score (nSPS) is 16.4. The molecule has 5 heteroatoms. The number of nitrogens with zero attached hydrogens (tertiary/aromatic N) is 2. The van der Waals surface area contributed by atoms with Gasteiger partial charge in [0.2, 0.25) is 5.91 Å². The van der Waals surface area contributed by atoms with Gasteiger partial charge in [-0.15, -0.1) is 0 Å². The van der Waals surface area contributed by atoms with Gasteiger partial charge in [-0.05, 0) is 45.0 Å². The van der Waals surface area contributed by atoms with E-state index in [0.29, 0.717) is 6.42 Å². The molecule has 1 N–H and O–H groups in total. The molecule has 0 saturated carbocycles. The fraction of sp³-hybridized carbons (Fsp3) is 0.550. The summed E-state index contributed by atoms with van der Waals surface area (Å²) in [5.74, 6) is 0.0688. The molecule has 2 heterocycles. The Morgan fingerprint density at radius 2 is 1.96 bits per heavy atom. The molecule has 1 aliphatic heterocycles. The molecule has 1 aliphatic rings. The van der Waals surface area contributed by atoms with Crippen LogP contribution in [0, 0.1) is 13.8 Å². The minimum atomic E-state index is 0.0688. The average Bonchev–Trinajstić information content (AvgIpc) is 3.00. The van der Waals surface area contributed by atoms with Crippen LogP contribution in [0.3, 0.4) is 0 Å². The standard InChI is InChI=1S/C20H29N3O2/c1-15-5-6-18-17(14-25-20(18)16(15)2)13-19(24)21-7-4-8-23-11-9-22(3)10-12-23/h5-6,14H,4,7-13H2,1-3H3,(H,21,24). The van der Waals surface area contributed by atoms with Gasteiger partial charge >= 0.3 is 0 Å². The van der Waals surface area contributed by atoms with Crippen molar-refractivity contribution < 1.29 is 9.21 Å². The summed E-state index contributed by atoms with van der Waals surface area (Å²) < 4.78 is 5.68. The lowest BCUT2D eigenvalue weighted by Crippen LogP contribution is -2.45. The number of hydrogen-bond acceptors (Lipinski definition) is 4. The second kappa shape index (κ2) is 8.02. The lowest BCUT2D eigenvalue weighted by Gasteiger charge is -2.32. The molecule has 5 nitrogen and oxygen atoms in total. The zero-order chi connectivity index (χ0) is 17.8. The van der Waals surface area contributed by atoms with Crippen LogP contribution >= 0.6 is 0 Å². The number of aryl methyl sites for hydroxylation is 2. The number of carbonyl (C=O) groups is 1. The molecule has 136 valence electrons. The third-order valence-electron chi connectivity index (χ3n) is 5.26. The van der Waals surface area contributed by atoms with Crippen LogP contribution in [-0.2, 0) is 11.2 Å². The Bertz CT molecular complexity index is 730. The highest BCUT2D eigenvalue weighted by molar-refractivity contribution is 5.89. The van der Waals surface area contributed by atoms with Crippen LogP contribution in [-0.4, -0.2) is 62.0 Å². The molecule has 0 bridgehead atoms. The number of fused-ring (bicyclic) bond motifs is 1. The van der Waals surface area contributed by atoms with E-state index in [1.54, 1.807) is 6.26 Å². The second-order valence-electron chi connectivity index (χ2n) is 7.17. The first-order valence-corrected chi connectivity index (χ1v) is 9.18. The number of benzene rings is 1. The van der Waals surface area contributed by atoms with Crippen molar-refractivity contribution in [2.24, 2.45) is 0 Å². The SMILES string of the molecule is Cc1ccc2c(CC(=O)NCCCN3CCN(C)CC3)coc2c1C. The molecule has 1 fully saturated rings. The first kappa shape index (κ1) is 18.0. The minimum absolute atomic E-state index is 0.0688. The van der Waals surface area contributed by atoms with E-state index < -0.39 is 0 Å². The van der Waals surface area contributed by atoms with Crippen molar-refractivity contribution in [3.05, 3.63) is 35.1 Å². The van der Waals surface area contributed by atoms with E-state index >= 15 is 0 Å². The summed E-state index contributed by atoms with van der Waals surface area (Å²) >= 11 is 0. The van der Waals surface area contributed by atoms with Gasteiger partial charge in [0.1, 0.15) is 5.58 Å². The number of likely N-dealkylation sites (N-methyl/N-ethyl adjacent to an activating group) is 1. The summed E-state index contributed by atoms with van der Waals surface area (Å²) in [5.41, 5.74) is 4.23. The zero-order valence-corrected chi connectivity index (χ0v) is 15.6. The van der Waals surface area contributed by atoms with E-state index in [-0.39, 0.29) is 5.91 Å². The number of furan rings is 1. The number of nitrogens with one attached hydrogen (secondary N) is 1. The van der Waals surface area contributed by atoms with Crippen molar-refractivity contribution in [3.63, 3.8) is 0 Å². The van der Waals surface area contributed by atoms with Gasteiger partial charge in [-0.25, -0.2) is 0 Å². The van der Waals surface area contributed by atoms with Crippen molar-refractivity contribution in [1.29, 1.82) is 0 Å². The van der Waals surface area contributed by atoms with Gasteiger partial charge in [0, 0.05) is 43.7 Å². The maximum Gasteiger partial charge on any atom is 0.224 e. The van der Waals surface area contributed by atoms with Crippen LogP contribution in [0.15, 0.2) is 22.8 Å². The summed E-state index contributed by atoms with van der Waals surface area (Å²) in [6.45, 7) is 10.5. The lowest BCUT2D eigenvalue weighted by molar-refractivity contribution is -0.120. The molecule has 25 heavy (non-hydrogen) atoms. The molecule has 1 amide bonds. The molecule has 2 aromatic rings. The van der Waals surface area contributed by atoms with Crippen LogP contribution in [0.25, 0.3) is 11.0 Å². The van der Waals surface area contributed by atoms with Gasteiger partial charge < -0.3 is 19.5 Å². The van der Waals surface area contributed by atoms with Crippen molar-refractivity contribution >= 4 is 16.9 Å². The summed E-state index contributed by atoms with van der Waals surface area (Å²) in [7, 11) is 2.17. The lowest BCUT2D eigenvalue weighted by atomic mass is 10.0. The molecule has 1 aromatic carbocycles. The quantitative estimate of drug-likeness (QED) is 0.818. The highest BCUT2D eigenvalue weighted by atomic mass is 16.3. The largest absolute Gasteiger partial charge is 0.464 e. The maximum atomic E-state index is 12.2. The number of hydrogen-bond donors (Lipinski definition) is 1. The number of amides is 1. The molecular weight excluding hydrogens is 314 g/mol.